The zero-order valence-electron chi connectivity index (χ0n) is 9.93. The summed E-state index contributed by atoms with van der Waals surface area (Å²) in [7, 11) is 0. The summed E-state index contributed by atoms with van der Waals surface area (Å²) < 4.78 is 0. The summed E-state index contributed by atoms with van der Waals surface area (Å²) >= 11 is 1.69. The molecule has 0 atom stereocenters. The van der Waals surface area contributed by atoms with Gasteiger partial charge in [-0.2, -0.15) is 0 Å². The number of amides is 1. The van der Waals surface area contributed by atoms with E-state index in [2.05, 4.69) is 11.4 Å². The van der Waals surface area contributed by atoms with Gasteiger partial charge in [0.1, 0.15) is 5.75 Å². The SMILES string of the molecule is O=C(Cc1ccccc1O)NCCc1cccs1. The van der Waals surface area contributed by atoms with Crippen molar-refractivity contribution < 1.29 is 9.90 Å². The number of phenols is 1. The van der Waals surface area contributed by atoms with Crippen LogP contribution >= 0.6 is 11.3 Å². The second-order valence-corrected chi connectivity index (χ2v) is 5.02. The third-order valence-corrected chi connectivity index (χ3v) is 3.55. The highest BCUT2D eigenvalue weighted by atomic mass is 32.1. The molecule has 0 aliphatic rings. The highest BCUT2D eigenvalue weighted by molar-refractivity contribution is 7.09. The molecule has 4 heteroatoms. The average molecular weight is 261 g/mol. The predicted octanol–water partition coefficient (Wildman–Crippen LogP) is 2.36. The van der Waals surface area contributed by atoms with E-state index in [-0.39, 0.29) is 18.1 Å². The van der Waals surface area contributed by atoms with Gasteiger partial charge >= 0.3 is 0 Å². The number of hydrogen-bond acceptors (Lipinski definition) is 3. The molecule has 18 heavy (non-hydrogen) atoms. The lowest BCUT2D eigenvalue weighted by molar-refractivity contribution is -0.120. The van der Waals surface area contributed by atoms with Crippen LogP contribution in [0.3, 0.4) is 0 Å². The molecule has 1 heterocycles. The summed E-state index contributed by atoms with van der Waals surface area (Å²) in [6.07, 6.45) is 1.07. The number of carbonyl (C=O) groups excluding carboxylic acids is 1. The van der Waals surface area contributed by atoms with Gasteiger partial charge in [-0.1, -0.05) is 24.3 Å². The first-order valence-electron chi connectivity index (χ1n) is 5.81. The van der Waals surface area contributed by atoms with Crippen LogP contribution in [-0.2, 0) is 17.6 Å². The minimum absolute atomic E-state index is 0.0620. The minimum Gasteiger partial charge on any atom is -0.508 e. The van der Waals surface area contributed by atoms with E-state index >= 15 is 0 Å². The largest absolute Gasteiger partial charge is 0.508 e. The summed E-state index contributed by atoms with van der Waals surface area (Å²) in [5, 5.41) is 14.4. The number of benzene rings is 1. The maximum absolute atomic E-state index is 11.7. The van der Waals surface area contributed by atoms with Crippen LogP contribution in [0.5, 0.6) is 5.75 Å². The molecule has 1 aromatic carbocycles. The van der Waals surface area contributed by atoms with Crippen molar-refractivity contribution in [2.75, 3.05) is 6.54 Å². The Morgan fingerprint density at radius 2 is 2.06 bits per heavy atom. The third kappa shape index (κ3) is 3.60. The molecule has 2 aromatic rings. The number of thiophene rings is 1. The van der Waals surface area contributed by atoms with Crippen LogP contribution in [0.15, 0.2) is 41.8 Å². The van der Waals surface area contributed by atoms with E-state index in [1.165, 1.54) is 4.88 Å². The molecule has 0 saturated carbocycles. The van der Waals surface area contributed by atoms with E-state index in [0.29, 0.717) is 12.1 Å². The van der Waals surface area contributed by atoms with Gasteiger partial charge in [0.2, 0.25) is 5.91 Å². The summed E-state index contributed by atoms with van der Waals surface area (Å²) in [6.45, 7) is 0.632. The van der Waals surface area contributed by atoms with E-state index in [4.69, 9.17) is 0 Å². The first-order chi connectivity index (χ1) is 8.75. The molecule has 0 spiro atoms. The fourth-order valence-electron chi connectivity index (χ4n) is 1.68. The fraction of sp³-hybridized carbons (Fsp3) is 0.214. The number of nitrogens with one attached hydrogen (secondary N) is 1. The van der Waals surface area contributed by atoms with Crippen LogP contribution in [0, 0.1) is 0 Å². The number of hydrogen-bond donors (Lipinski definition) is 2. The van der Waals surface area contributed by atoms with Gasteiger partial charge in [0.25, 0.3) is 0 Å². The van der Waals surface area contributed by atoms with Gasteiger partial charge in [0.05, 0.1) is 6.42 Å². The maximum atomic E-state index is 11.7. The van der Waals surface area contributed by atoms with Crippen LogP contribution < -0.4 is 5.32 Å². The molecule has 0 radical (unpaired) electrons. The molecule has 0 saturated heterocycles. The summed E-state index contributed by atoms with van der Waals surface area (Å²) in [6, 6.07) is 11.0. The molecule has 1 amide bonds. The van der Waals surface area contributed by atoms with Crippen molar-refractivity contribution in [3.63, 3.8) is 0 Å². The van der Waals surface area contributed by atoms with Crippen LogP contribution in [0.4, 0.5) is 0 Å². The van der Waals surface area contributed by atoms with Gasteiger partial charge in [-0.25, -0.2) is 0 Å². The van der Waals surface area contributed by atoms with Crippen molar-refractivity contribution in [2.45, 2.75) is 12.8 Å². The Hall–Kier alpha value is -1.81. The molecule has 0 fully saturated rings. The third-order valence-electron chi connectivity index (χ3n) is 2.62. The zero-order chi connectivity index (χ0) is 12.8. The second kappa shape index (κ2) is 6.21. The number of rotatable bonds is 5. The molecule has 94 valence electrons. The Bertz CT molecular complexity index is 508. The van der Waals surface area contributed by atoms with E-state index in [1.807, 2.05) is 17.5 Å². The number of para-hydroxylation sites is 1. The smallest absolute Gasteiger partial charge is 0.224 e. The monoisotopic (exact) mass is 261 g/mol. The standard InChI is InChI=1S/C14H15NO2S/c16-13-6-2-1-4-11(13)10-14(17)15-8-7-12-5-3-9-18-12/h1-6,9,16H,7-8,10H2,(H,15,17). The van der Waals surface area contributed by atoms with Crippen molar-refractivity contribution in [3.05, 3.63) is 52.2 Å². The Balaban J connectivity index is 1.77. The first kappa shape index (κ1) is 12.6. The zero-order valence-corrected chi connectivity index (χ0v) is 10.7. The van der Waals surface area contributed by atoms with Crippen molar-refractivity contribution in [2.24, 2.45) is 0 Å². The molecule has 2 rings (SSSR count). The molecule has 0 unspecified atom stereocenters. The topological polar surface area (TPSA) is 49.3 Å². The van der Waals surface area contributed by atoms with Crippen molar-refractivity contribution in [1.29, 1.82) is 0 Å². The lowest BCUT2D eigenvalue weighted by Gasteiger charge is -2.05. The van der Waals surface area contributed by atoms with Gasteiger partial charge in [-0.05, 0) is 23.9 Å². The number of carbonyl (C=O) groups is 1. The van der Waals surface area contributed by atoms with Crippen LogP contribution in [0.2, 0.25) is 0 Å². The summed E-state index contributed by atoms with van der Waals surface area (Å²) in [5.41, 5.74) is 0.658. The van der Waals surface area contributed by atoms with Gasteiger partial charge in [0.15, 0.2) is 0 Å². The Morgan fingerprint density at radius 3 is 2.78 bits per heavy atom. The Kier molecular flexibility index (Phi) is 4.36. The van der Waals surface area contributed by atoms with E-state index < -0.39 is 0 Å². The molecular formula is C14H15NO2S. The molecule has 3 nitrogen and oxygen atoms in total. The summed E-state index contributed by atoms with van der Waals surface area (Å²) in [5.74, 6) is 0.110. The van der Waals surface area contributed by atoms with Gasteiger partial charge in [-0.15, -0.1) is 11.3 Å². The second-order valence-electron chi connectivity index (χ2n) is 3.98. The molecule has 1 aromatic heterocycles. The normalized spacial score (nSPS) is 10.2. The van der Waals surface area contributed by atoms with Gasteiger partial charge in [0, 0.05) is 17.0 Å². The lowest BCUT2D eigenvalue weighted by atomic mass is 10.1. The van der Waals surface area contributed by atoms with Gasteiger partial charge < -0.3 is 10.4 Å². The predicted molar refractivity (Wildman–Crippen MR) is 72.8 cm³/mol. The van der Waals surface area contributed by atoms with Crippen molar-refractivity contribution in [3.8, 4) is 5.75 Å². The number of phenolic OH excluding ortho intramolecular Hbond substituents is 1. The average Bonchev–Trinajstić information content (AvgIpc) is 2.85. The highest BCUT2D eigenvalue weighted by Gasteiger charge is 2.06. The molecule has 0 bridgehead atoms. The van der Waals surface area contributed by atoms with E-state index in [9.17, 15) is 9.90 Å². The van der Waals surface area contributed by atoms with Crippen LogP contribution in [0.1, 0.15) is 10.4 Å². The van der Waals surface area contributed by atoms with Crippen molar-refractivity contribution >= 4 is 17.2 Å². The van der Waals surface area contributed by atoms with Crippen LogP contribution in [-0.4, -0.2) is 17.6 Å². The maximum Gasteiger partial charge on any atom is 0.224 e. The fourth-order valence-corrected chi connectivity index (χ4v) is 2.38. The molecule has 0 aliphatic carbocycles. The van der Waals surface area contributed by atoms with Crippen molar-refractivity contribution in [1.82, 2.24) is 5.32 Å². The molecule has 0 aliphatic heterocycles. The summed E-state index contributed by atoms with van der Waals surface area (Å²) in [4.78, 5) is 12.9. The number of aromatic hydroxyl groups is 1. The Labute approximate surface area is 110 Å². The lowest BCUT2D eigenvalue weighted by Crippen LogP contribution is -2.27. The van der Waals surface area contributed by atoms with E-state index in [0.717, 1.165) is 6.42 Å². The molecular weight excluding hydrogens is 246 g/mol. The molecule has 2 N–H and O–H groups in total. The van der Waals surface area contributed by atoms with E-state index in [1.54, 1.807) is 29.5 Å². The first-order valence-corrected chi connectivity index (χ1v) is 6.69. The Morgan fingerprint density at radius 1 is 1.22 bits per heavy atom. The highest BCUT2D eigenvalue weighted by Crippen LogP contribution is 2.15. The quantitative estimate of drug-likeness (QED) is 0.868. The van der Waals surface area contributed by atoms with Gasteiger partial charge in [-0.3, -0.25) is 4.79 Å². The van der Waals surface area contributed by atoms with Crippen LogP contribution in [0.25, 0.3) is 0 Å². The minimum atomic E-state index is -0.0620.